The van der Waals surface area contributed by atoms with E-state index in [1.54, 1.807) is 38.6 Å². The van der Waals surface area contributed by atoms with E-state index >= 15 is 0 Å². The summed E-state index contributed by atoms with van der Waals surface area (Å²) >= 11 is 0. The number of nitrogens with zero attached hydrogens (tertiary/aromatic N) is 1. The van der Waals surface area contributed by atoms with Crippen molar-refractivity contribution in [1.82, 2.24) is 4.98 Å². The van der Waals surface area contributed by atoms with Gasteiger partial charge in [0.15, 0.2) is 11.5 Å². The quantitative estimate of drug-likeness (QED) is 0.621. The number of ether oxygens (including phenoxy) is 2. The van der Waals surface area contributed by atoms with Gasteiger partial charge in [0.25, 0.3) is 5.91 Å². The van der Waals surface area contributed by atoms with Crippen LogP contribution in [0, 0.1) is 0 Å². The van der Waals surface area contributed by atoms with Crippen LogP contribution in [-0.4, -0.2) is 31.7 Å². The highest BCUT2D eigenvalue weighted by Gasteiger charge is 2.06. The molecule has 3 aromatic rings. The smallest absolute Gasteiger partial charge is 0.256 e. The number of carbonyl (C=O) groups excluding carboxylic acids is 1. The van der Waals surface area contributed by atoms with E-state index in [1.165, 1.54) is 0 Å². The fourth-order valence-electron chi connectivity index (χ4n) is 2.74. The Morgan fingerprint density at radius 2 is 1.75 bits per heavy atom. The monoisotopic (exact) mass is 377 g/mol. The third kappa shape index (κ3) is 5.01. The third-order valence-electron chi connectivity index (χ3n) is 4.23. The molecule has 2 aromatic carbocycles. The molecule has 0 atom stereocenters. The molecule has 3 rings (SSSR count). The molecule has 0 aliphatic carbocycles. The van der Waals surface area contributed by atoms with Gasteiger partial charge in [-0.05, 0) is 48.4 Å². The standard InChI is InChI=1S/C22H23N3O3/c1-27-19-10-8-16(14-20(19)28-2)12-13-23-18-9-11-21(24-15-18)25-22(26)17-6-4-3-5-7-17/h3-11,14-15,23H,12-13H2,1-2H3,(H,24,25,26). The molecule has 6 nitrogen and oxygen atoms in total. The number of rotatable bonds is 8. The number of anilines is 2. The molecule has 0 unspecified atom stereocenters. The van der Waals surface area contributed by atoms with E-state index in [9.17, 15) is 4.79 Å². The van der Waals surface area contributed by atoms with Crippen LogP contribution in [0.3, 0.4) is 0 Å². The van der Waals surface area contributed by atoms with Gasteiger partial charge in [-0.1, -0.05) is 24.3 Å². The number of methoxy groups -OCH3 is 2. The predicted molar refractivity (Wildman–Crippen MR) is 110 cm³/mol. The lowest BCUT2D eigenvalue weighted by Gasteiger charge is -2.11. The first-order valence-electron chi connectivity index (χ1n) is 8.97. The van der Waals surface area contributed by atoms with E-state index in [0.29, 0.717) is 11.4 Å². The van der Waals surface area contributed by atoms with Crippen molar-refractivity contribution in [2.75, 3.05) is 31.4 Å². The number of nitrogens with one attached hydrogen (secondary N) is 2. The van der Waals surface area contributed by atoms with Crippen molar-refractivity contribution in [3.8, 4) is 11.5 Å². The van der Waals surface area contributed by atoms with Crippen LogP contribution >= 0.6 is 0 Å². The molecule has 0 spiro atoms. The molecule has 1 aromatic heterocycles. The number of hydrogen-bond acceptors (Lipinski definition) is 5. The number of pyridine rings is 1. The maximum atomic E-state index is 12.1. The minimum Gasteiger partial charge on any atom is -0.493 e. The van der Waals surface area contributed by atoms with Crippen LogP contribution in [0.2, 0.25) is 0 Å². The average molecular weight is 377 g/mol. The van der Waals surface area contributed by atoms with Gasteiger partial charge in [0, 0.05) is 12.1 Å². The second-order valence-electron chi connectivity index (χ2n) is 6.12. The predicted octanol–water partition coefficient (Wildman–Crippen LogP) is 4.01. The first-order chi connectivity index (χ1) is 13.7. The van der Waals surface area contributed by atoms with Crippen LogP contribution in [-0.2, 0) is 6.42 Å². The zero-order valence-corrected chi connectivity index (χ0v) is 15.9. The zero-order valence-electron chi connectivity index (χ0n) is 15.9. The van der Waals surface area contributed by atoms with Gasteiger partial charge in [-0.3, -0.25) is 4.79 Å². The van der Waals surface area contributed by atoms with E-state index in [2.05, 4.69) is 15.6 Å². The van der Waals surface area contributed by atoms with Crippen LogP contribution in [0.5, 0.6) is 11.5 Å². The van der Waals surface area contributed by atoms with Gasteiger partial charge in [-0.2, -0.15) is 0 Å². The van der Waals surface area contributed by atoms with Crippen molar-refractivity contribution in [2.45, 2.75) is 6.42 Å². The molecular formula is C22H23N3O3. The van der Waals surface area contributed by atoms with Crippen molar-refractivity contribution in [3.05, 3.63) is 78.0 Å². The highest BCUT2D eigenvalue weighted by Crippen LogP contribution is 2.27. The summed E-state index contributed by atoms with van der Waals surface area (Å²) in [6, 6.07) is 18.6. The lowest BCUT2D eigenvalue weighted by molar-refractivity contribution is 0.102. The summed E-state index contributed by atoms with van der Waals surface area (Å²) in [6.07, 6.45) is 2.53. The molecule has 0 saturated carbocycles. The normalized spacial score (nSPS) is 10.2. The summed E-state index contributed by atoms with van der Waals surface area (Å²) < 4.78 is 10.6. The van der Waals surface area contributed by atoms with E-state index < -0.39 is 0 Å². The molecule has 0 aliphatic rings. The summed E-state index contributed by atoms with van der Waals surface area (Å²) in [5, 5.41) is 6.11. The van der Waals surface area contributed by atoms with Crippen LogP contribution in [0.25, 0.3) is 0 Å². The molecule has 6 heteroatoms. The maximum Gasteiger partial charge on any atom is 0.256 e. The lowest BCUT2D eigenvalue weighted by Crippen LogP contribution is -2.13. The summed E-state index contributed by atoms with van der Waals surface area (Å²) in [5.41, 5.74) is 2.63. The van der Waals surface area contributed by atoms with Gasteiger partial charge in [0.1, 0.15) is 5.82 Å². The number of aromatic nitrogens is 1. The minimum absolute atomic E-state index is 0.178. The zero-order chi connectivity index (χ0) is 19.8. The molecule has 1 amide bonds. The first-order valence-corrected chi connectivity index (χ1v) is 8.97. The molecule has 0 aliphatic heterocycles. The molecule has 144 valence electrons. The summed E-state index contributed by atoms with van der Waals surface area (Å²) in [5.74, 6) is 1.78. The molecular weight excluding hydrogens is 354 g/mol. The lowest BCUT2D eigenvalue weighted by atomic mass is 10.1. The highest BCUT2D eigenvalue weighted by atomic mass is 16.5. The second-order valence-corrected chi connectivity index (χ2v) is 6.12. The Labute approximate surface area is 164 Å². The number of amides is 1. The Morgan fingerprint density at radius 1 is 0.964 bits per heavy atom. The number of hydrogen-bond donors (Lipinski definition) is 2. The first kappa shape index (κ1) is 19.2. The van der Waals surface area contributed by atoms with E-state index in [1.807, 2.05) is 42.5 Å². The van der Waals surface area contributed by atoms with Crippen LogP contribution < -0.4 is 20.1 Å². The molecule has 0 saturated heterocycles. The van der Waals surface area contributed by atoms with Crippen molar-refractivity contribution in [3.63, 3.8) is 0 Å². The SMILES string of the molecule is COc1ccc(CCNc2ccc(NC(=O)c3ccccc3)nc2)cc1OC. The van der Waals surface area contributed by atoms with Crippen LogP contribution in [0.4, 0.5) is 11.5 Å². The Hall–Kier alpha value is -3.54. The fourth-order valence-corrected chi connectivity index (χ4v) is 2.74. The summed E-state index contributed by atoms with van der Waals surface area (Å²) in [7, 11) is 3.25. The van der Waals surface area contributed by atoms with E-state index in [4.69, 9.17) is 9.47 Å². The Kier molecular flexibility index (Phi) is 6.46. The van der Waals surface area contributed by atoms with Crippen molar-refractivity contribution in [2.24, 2.45) is 0 Å². The van der Waals surface area contributed by atoms with Crippen LogP contribution in [0.15, 0.2) is 66.9 Å². The van der Waals surface area contributed by atoms with E-state index in [0.717, 1.165) is 35.7 Å². The number of carbonyl (C=O) groups is 1. The molecule has 0 bridgehead atoms. The van der Waals surface area contributed by atoms with Crippen LogP contribution in [0.1, 0.15) is 15.9 Å². The van der Waals surface area contributed by atoms with Gasteiger partial charge in [-0.25, -0.2) is 4.98 Å². The average Bonchev–Trinajstić information content (AvgIpc) is 2.75. The van der Waals surface area contributed by atoms with Gasteiger partial charge in [0.05, 0.1) is 26.1 Å². The van der Waals surface area contributed by atoms with Crippen molar-refractivity contribution < 1.29 is 14.3 Å². The van der Waals surface area contributed by atoms with Gasteiger partial charge in [-0.15, -0.1) is 0 Å². The summed E-state index contributed by atoms with van der Waals surface area (Å²) in [4.78, 5) is 16.4. The Bertz CT molecular complexity index is 912. The van der Waals surface area contributed by atoms with Gasteiger partial charge in [0.2, 0.25) is 0 Å². The Balaban J connectivity index is 1.51. The highest BCUT2D eigenvalue weighted by molar-refractivity contribution is 6.03. The topological polar surface area (TPSA) is 72.5 Å². The largest absolute Gasteiger partial charge is 0.493 e. The van der Waals surface area contributed by atoms with E-state index in [-0.39, 0.29) is 5.91 Å². The van der Waals surface area contributed by atoms with Crippen molar-refractivity contribution >= 4 is 17.4 Å². The maximum absolute atomic E-state index is 12.1. The van der Waals surface area contributed by atoms with Gasteiger partial charge >= 0.3 is 0 Å². The van der Waals surface area contributed by atoms with Crippen molar-refractivity contribution in [1.29, 1.82) is 0 Å². The number of benzene rings is 2. The fraction of sp³-hybridized carbons (Fsp3) is 0.182. The molecule has 28 heavy (non-hydrogen) atoms. The minimum atomic E-state index is -0.178. The molecule has 2 N–H and O–H groups in total. The molecule has 0 fully saturated rings. The Morgan fingerprint density at radius 3 is 2.43 bits per heavy atom. The second kappa shape index (κ2) is 9.41. The third-order valence-corrected chi connectivity index (χ3v) is 4.23. The molecule has 0 radical (unpaired) electrons. The van der Waals surface area contributed by atoms with Gasteiger partial charge < -0.3 is 20.1 Å². The summed E-state index contributed by atoms with van der Waals surface area (Å²) in [6.45, 7) is 0.743. The molecule has 1 heterocycles.